The lowest BCUT2D eigenvalue weighted by molar-refractivity contribution is 0.313. The van der Waals surface area contributed by atoms with Crippen LogP contribution in [0.1, 0.15) is 30.1 Å². The standard InChI is InChI=1S/C18H20N6O2S/c25-27(26,13-14-4-2-1-3-5-14)24-10-6-15(7-11-24)17-21-18(23-22-17)16-12-19-8-9-20-16/h1-5,8-9,12,15H,6-7,10-11,13H2,(H,21,22,23). The normalized spacial score (nSPS) is 16.4. The van der Waals surface area contributed by atoms with Gasteiger partial charge in [0.15, 0.2) is 0 Å². The Bertz CT molecular complexity index is 983. The molecule has 8 nitrogen and oxygen atoms in total. The molecule has 2 aromatic heterocycles. The lowest BCUT2D eigenvalue weighted by Gasteiger charge is -2.30. The molecule has 0 atom stereocenters. The van der Waals surface area contributed by atoms with Gasteiger partial charge in [-0.25, -0.2) is 22.7 Å². The Hall–Kier alpha value is -2.65. The molecule has 3 aromatic rings. The number of piperidine rings is 1. The van der Waals surface area contributed by atoms with Crippen molar-refractivity contribution < 1.29 is 8.42 Å². The third-order valence-corrected chi connectivity index (χ3v) is 6.57. The van der Waals surface area contributed by atoms with Gasteiger partial charge in [0.1, 0.15) is 11.5 Å². The van der Waals surface area contributed by atoms with Crippen molar-refractivity contribution in [3.05, 3.63) is 60.3 Å². The summed E-state index contributed by atoms with van der Waals surface area (Å²) in [5.41, 5.74) is 1.42. The van der Waals surface area contributed by atoms with Crippen LogP contribution in [0.25, 0.3) is 11.5 Å². The van der Waals surface area contributed by atoms with Crippen molar-refractivity contribution in [3.8, 4) is 11.5 Å². The Kier molecular flexibility index (Phi) is 4.95. The zero-order valence-electron chi connectivity index (χ0n) is 14.7. The lowest BCUT2D eigenvalue weighted by Crippen LogP contribution is -2.38. The van der Waals surface area contributed by atoms with Crippen LogP contribution in [-0.4, -0.2) is 51.0 Å². The monoisotopic (exact) mass is 384 g/mol. The summed E-state index contributed by atoms with van der Waals surface area (Å²) in [7, 11) is -3.31. The minimum atomic E-state index is -3.31. The summed E-state index contributed by atoms with van der Waals surface area (Å²) in [4.78, 5) is 12.7. The van der Waals surface area contributed by atoms with E-state index in [-0.39, 0.29) is 11.7 Å². The third kappa shape index (κ3) is 4.04. The quantitative estimate of drug-likeness (QED) is 0.721. The molecule has 4 rings (SSSR count). The second kappa shape index (κ2) is 7.53. The fraction of sp³-hybridized carbons (Fsp3) is 0.333. The summed E-state index contributed by atoms with van der Waals surface area (Å²) < 4.78 is 26.9. The highest BCUT2D eigenvalue weighted by Gasteiger charge is 2.30. The van der Waals surface area contributed by atoms with Crippen LogP contribution in [0.2, 0.25) is 0 Å². The Morgan fingerprint density at radius 3 is 2.59 bits per heavy atom. The van der Waals surface area contributed by atoms with E-state index in [1.165, 1.54) is 0 Å². The fourth-order valence-electron chi connectivity index (χ4n) is 3.27. The highest BCUT2D eigenvalue weighted by atomic mass is 32.2. The van der Waals surface area contributed by atoms with Crippen LogP contribution in [0.15, 0.2) is 48.9 Å². The van der Waals surface area contributed by atoms with E-state index in [1.807, 2.05) is 30.3 Å². The second-order valence-corrected chi connectivity index (χ2v) is 8.52. The summed E-state index contributed by atoms with van der Waals surface area (Å²) in [6.45, 7) is 0.974. The minimum Gasteiger partial charge on any atom is -0.262 e. The maximum atomic E-state index is 12.7. The Balaban J connectivity index is 1.40. The average Bonchev–Trinajstić information content (AvgIpc) is 3.19. The fourth-order valence-corrected chi connectivity index (χ4v) is 4.83. The predicted molar refractivity (Wildman–Crippen MR) is 100 cm³/mol. The first-order chi connectivity index (χ1) is 13.1. The number of aromatic amines is 1. The van der Waals surface area contributed by atoms with Crippen LogP contribution in [0.4, 0.5) is 0 Å². The van der Waals surface area contributed by atoms with E-state index in [0.29, 0.717) is 37.4 Å². The molecule has 0 amide bonds. The highest BCUT2D eigenvalue weighted by Crippen LogP contribution is 2.28. The van der Waals surface area contributed by atoms with Crippen LogP contribution in [0.5, 0.6) is 0 Å². The van der Waals surface area contributed by atoms with Crippen LogP contribution < -0.4 is 0 Å². The molecule has 1 N–H and O–H groups in total. The molecule has 0 bridgehead atoms. The van der Waals surface area contributed by atoms with Crippen LogP contribution in [0.3, 0.4) is 0 Å². The van der Waals surface area contributed by atoms with Crippen molar-refractivity contribution in [1.29, 1.82) is 0 Å². The van der Waals surface area contributed by atoms with E-state index in [9.17, 15) is 8.42 Å². The van der Waals surface area contributed by atoms with Crippen molar-refractivity contribution in [2.24, 2.45) is 0 Å². The van der Waals surface area contributed by atoms with E-state index < -0.39 is 10.0 Å². The van der Waals surface area contributed by atoms with Crippen LogP contribution >= 0.6 is 0 Å². The van der Waals surface area contributed by atoms with Gasteiger partial charge in [0, 0.05) is 31.4 Å². The van der Waals surface area contributed by atoms with Gasteiger partial charge >= 0.3 is 0 Å². The molecule has 1 saturated heterocycles. The molecule has 0 saturated carbocycles. The highest BCUT2D eigenvalue weighted by molar-refractivity contribution is 7.88. The number of H-pyrrole nitrogens is 1. The van der Waals surface area contributed by atoms with Crippen molar-refractivity contribution in [2.75, 3.05) is 13.1 Å². The number of aromatic nitrogens is 5. The molecule has 0 unspecified atom stereocenters. The minimum absolute atomic E-state index is 0.0393. The van der Waals surface area contributed by atoms with E-state index in [2.05, 4.69) is 25.1 Å². The van der Waals surface area contributed by atoms with Gasteiger partial charge < -0.3 is 0 Å². The first-order valence-corrected chi connectivity index (χ1v) is 10.4. The Morgan fingerprint density at radius 1 is 1.11 bits per heavy atom. The number of sulfonamides is 1. The van der Waals surface area contributed by atoms with Crippen LogP contribution in [0, 0.1) is 0 Å². The van der Waals surface area contributed by atoms with Gasteiger partial charge in [0.25, 0.3) is 0 Å². The first kappa shape index (κ1) is 17.7. The zero-order valence-corrected chi connectivity index (χ0v) is 15.5. The molecular formula is C18H20N6O2S. The SMILES string of the molecule is O=S(=O)(Cc1ccccc1)N1CCC(c2nc(-c3cnccn3)n[nH]2)CC1. The summed E-state index contributed by atoms with van der Waals surface area (Å²) in [5.74, 6) is 1.48. The third-order valence-electron chi connectivity index (χ3n) is 4.72. The molecule has 1 aromatic carbocycles. The van der Waals surface area contributed by atoms with Gasteiger partial charge in [-0.2, -0.15) is 5.10 Å². The molecular weight excluding hydrogens is 364 g/mol. The maximum Gasteiger partial charge on any atom is 0.218 e. The molecule has 140 valence electrons. The van der Waals surface area contributed by atoms with Gasteiger partial charge in [0.2, 0.25) is 15.8 Å². The van der Waals surface area contributed by atoms with Gasteiger partial charge in [-0.1, -0.05) is 30.3 Å². The number of nitrogens with zero attached hydrogens (tertiary/aromatic N) is 5. The van der Waals surface area contributed by atoms with E-state index >= 15 is 0 Å². The molecule has 3 heterocycles. The van der Waals surface area contributed by atoms with Gasteiger partial charge in [0.05, 0.1) is 11.9 Å². The molecule has 9 heteroatoms. The van der Waals surface area contributed by atoms with E-state index in [4.69, 9.17) is 0 Å². The molecule has 0 radical (unpaired) electrons. The first-order valence-electron chi connectivity index (χ1n) is 8.82. The topological polar surface area (TPSA) is 105 Å². The van der Waals surface area contributed by atoms with Gasteiger partial charge in [-0.3, -0.25) is 10.1 Å². The molecule has 27 heavy (non-hydrogen) atoms. The zero-order chi connectivity index (χ0) is 18.7. The van der Waals surface area contributed by atoms with E-state index in [1.54, 1.807) is 22.9 Å². The second-order valence-electron chi connectivity index (χ2n) is 6.55. The van der Waals surface area contributed by atoms with Crippen LogP contribution in [-0.2, 0) is 15.8 Å². The smallest absolute Gasteiger partial charge is 0.218 e. The molecule has 1 aliphatic rings. The molecule has 0 aliphatic carbocycles. The number of hydrogen-bond acceptors (Lipinski definition) is 6. The number of hydrogen-bond donors (Lipinski definition) is 1. The van der Waals surface area contributed by atoms with Crippen molar-refractivity contribution in [2.45, 2.75) is 24.5 Å². The maximum absolute atomic E-state index is 12.7. The number of benzene rings is 1. The number of rotatable bonds is 5. The molecule has 1 aliphatic heterocycles. The Labute approximate surface area is 157 Å². The average molecular weight is 384 g/mol. The Morgan fingerprint density at radius 2 is 1.89 bits per heavy atom. The van der Waals surface area contributed by atoms with Crippen molar-refractivity contribution in [1.82, 2.24) is 29.5 Å². The van der Waals surface area contributed by atoms with E-state index in [0.717, 1.165) is 11.4 Å². The number of nitrogens with one attached hydrogen (secondary N) is 1. The predicted octanol–water partition coefficient (Wildman–Crippen LogP) is 1.97. The van der Waals surface area contributed by atoms with Gasteiger partial charge in [-0.15, -0.1) is 0 Å². The molecule has 0 spiro atoms. The van der Waals surface area contributed by atoms with Gasteiger partial charge in [-0.05, 0) is 18.4 Å². The van der Waals surface area contributed by atoms with Crippen molar-refractivity contribution in [3.63, 3.8) is 0 Å². The summed E-state index contributed by atoms with van der Waals surface area (Å²) in [6.07, 6.45) is 6.24. The summed E-state index contributed by atoms with van der Waals surface area (Å²) in [5, 5.41) is 7.19. The summed E-state index contributed by atoms with van der Waals surface area (Å²) in [6, 6.07) is 9.28. The lowest BCUT2D eigenvalue weighted by atomic mass is 9.97. The van der Waals surface area contributed by atoms with Crippen molar-refractivity contribution >= 4 is 10.0 Å². The summed E-state index contributed by atoms with van der Waals surface area (Å²) >= 11 is 0. The largest absolute Gasteiger partial charge is 0.262 e. The molecule has 1 fully saturated rings.